The van der Waals surface area contributed by atoms with E-state index < -0.39 is 18.1 Å². The topological polar surface area (TPSA) is 68.5 Å². The molecule has 5 nitrogen and oxygen atoms in total. The van der Waals surface area contributed by atoms with Crippen molar-refractivity contribution in [2.75, 3.05) is 13.8 Å². The number of aromatic nitrogens is 1. The van der Waals surface area contributed by atoms with E-state index in [1.807, 2.05) is 0 Å². The van der Waals surface area contributed by atoms with Crippen LogP contribution in [0.4, 0.5) is 4.39 Å². The van der Waals surface area contributed by atoms with Crippen LogP contribution < -0.4 is 10.2 Å². The van der Waals surface area contributed by atoms with Gasteiger partial charge in [-0.05, 0) is 12.1 Å². The first-order valence-electron chi connectivity index (χ1n) is 5.59. The average Bonchev–Trinajstić information content (AvgIpc) is 2.41. The standard InChI is InChI=1S/C13H12FNO4/c1-19-10-4-2-3-8-11(10)15(6-5-14)7-9(12(8)16)13(17)18/h2-4,7H,5-6H2,1H3,(H,17,18). The van der Waals surface area contributed by atoms with Crippen molar-refractivity contribution in [2.45, 2.75) is 6.54 Å². The molecule has 0 aliphatic rings. The SMILES string of the molecule is COc1cccc2c(=O)c(C(=O)O)cn(CCF)c12. The molecule has 0 spiro atoms. The Morgan fingerprint density at radius 1 is 1.47 bits per heavy atom. The number of nitrogens with zero attached hydrogens (tertiary/aromatic N) is 1. The first-order valence-corrected chi connectivity index (χ1v) is 5.59. The van der Waals surface area contributed by atoms with E-state index in [2.05, 4.69) is 0 Å². The molecule has 0 aliphatic heterocycles. The van der Waals surface area contributed by atoms with Crippen LogP contribution in [0.25, 0.3) is 10.9 Å². The van der Waals surface area contributed by atoms with Crippen LogP contribution in [0, 0.1) is 0 Å². The first-order chi connectivity index (χ1) is 9.10. The fraction of sp³-hybridized carbons (Fsp3) is 0.231. The zero-order valence-corrected chi connectivity index (χ0v) is 10.2. The number of methoxy groups -OCH3 is 1. The van der Waals surface area contributed by atoms with Gasteiger partial charge in [0, 0.05) is 6.20 Å². The lowest BCUT2D eigenvalue weighted by atomic mass is 10.1. The number of aromatic carboxylic acids is 1. The molecule has 0 bridgehead atoms. The Hall–Kier alpha value is -2.37. The number of rotatable bonds is 4. The van der Waals surface area contributed by atoms with Crippen molar-refractivity contribution in [2.24, 2.45) is 0 Å². The first kappa shape index (κ1) is 13.1. The zero-order chi connectivity index (χ0) is 14.0. The number of halogens is 1. The Bertz CT molecular complexity index is 693. The molecule has 1 aromatic carbocycles. The number of ether oxygens (including phenoxy) is 1. The largest absolute Gasteiger partial charge is 0.495 e. The maximum Gasteiger partial charge on any atom is 0.341 e. The van der Waals surface area contributed by atoms with E-state index in [9.17, 15) is 14.0 Å². The van der Waals surface area contributed by atoms with Crippen molar-refractivity contribution < 1.29 is 19.0 Å². The fourth-order valence-electron chi connectivity index (χ4n) is 2.01. The highest BCUT2D eigenvalue weighted by molar-refractivity contribution is 5.94. The number of benzene rings is 1. The minimum Gasteiger partial charge on any atom is -0.495 e. The van der Waals surface area contributed by atoms with E-state index in [4.69, 9.17) is 9.84 Å². The van der Waals surface area contributed by atoms with Crippen molar-refractivity contribution in [3.63, 3.8) is 0 Å². The summed E-state index contributed by atoms with van der Waals surface area (Å²) < 4.78 is 19.1. The minimum atomic E-state index is -1.33. The van der Waals surface area contributed by atoms with E-state index in [-0.39, 0.29) is 17.5 Å². The summed E-state index contributed by atoms with van der Waals surface area (Å²) in [6.45, 7) is -0.716. The second kappa shape index (κ2) is 5.09. The Morgan fingerprint density at radius 3 is 2.79 bits per heavy atom. The molecule has 6 heteroatoms. The third-order valence-electron chi connectivity index (χ3n) is 2.84. The number of hydrogen-bond donors (Lipinski definition) is 1. The summed E-state index contributed by atoms with van der Waals surface area (Å²) in [5, 5.41) is 9.21. The van der Waals surface area contributed by atoms with Gasteiger partial charge in [-0.3, -0.25) is 4.79 Å². The van der Waals surface area contributed by atoms with Crippen LogP contribution in [-0.4, -0.2) is 29.4 Å². The molecule has 0 fully saturated rings. The van der Waals surface area contributed by atoms with Gasteiger partial charge >= 0.3 is 5.97 Å². The van der Waals surface area contributed by atoms with Gasteiger partial charge in [-0.2, -0.15) is 0 Å². The van der Waals surface area contributed by atoms with Gasteiger partial charge in [-0.25, -0.2) is 9.18 Å². The number of carboxylic acids is 1. The second-order valence-corrected chi connectivity index (χ2v) is 3.92. The lowest BCUT2D eigenvalue weighted by Gasteiger charge is -2.13. The Labute approximate surface area is 107 Å². The molecule has 2 rings (SSSR count). The number of para-hydroxylation sites is 1. The highest BCUT2D eigenvalue weighted by atomic mass is 19.1. The number of fused-ring (bicyclic) bond motifs is 1. The summed E-state index contributed by atoms with van der Waals surface area (Å²) in [5.74, 6) is -0.928. The molecule has 0 amide bonds. The van der Waals surface area contributed by atoms with Gasteiger partial charge in [0.25, 0.3) is 0 Å². The van der Waals surface area contributed by atoms with Crippen LogP contribution in [0.15, 0.2) is 29.2 Å². The van der Waals surface area contributed by atoms with Crippen molar-refractivity contribution in [1.82, 2.24) is 4.57 Å². The number of pyridine rings is 1. The molecule has 2 aromatic rings. The third kappa shape index (κ3) is 2.16. The smallest absolute Gasteiger partial charge is 0.341 e. The van der Waals surface area contributed by atoms with Gasteiger partial charge in [0.1, 0.15) is 18.0 Å². The molecule has 0 saturated carbocycles. The fourth-order valence-corrected chi connectivity index (χ4v) is 2.01. The number of carboxylic acid groups (broad SMARTS) is 1. The Morgan fingerprint density at radius 2 is 2.21 bits per heavy atom. The van der Waals surface area contributed by atoms with E-state index in [0.29, 0.717) is 11.3 Å². The predicted octanol–water partition coefficient (Wildman–Crippen LogP) is 1.68. The van der Waals surface area contributed by atoms with Gasteiger partial charge in [0.15, 0.2) is 0 Å². The van der Waals surface area contributed by atoms with Gasteiger partial charge < -0.3 is 14.4 Å². The zero-order valence-electron chi connectivity index (χ0n) is 10.2. The lowest BCUT2D eigenvalue weighted by Crippen LogP contribution is -2.19. The highest BCUT2D eigenvalue weighted by Crippen LogP contribution is 2.23. The quantitative estimate of drug-likeness (QED) is 0.913. The van der Waals surface area contributed by atoms with E-state index in [0.717, 1.165) is 6.20 Å². The summed E-state index contributed by atoms with van der Waals surface area (Å²) in [4.78, 5) is 23.1. The maximum absolute atomic E-state index is 12.6. The van der Waals surface area contributed by atoms with Gasteiger partial charge in [0.05, 0.1) is 24.6 Å². The van der Waals surface area contributed by atoms with Crippen molar-refractivity contribution >= 4 is 16.9 Å². The van der Waals surface area contributed by atoms with Crippen LogP contribution in [0.3, 0.4) is 0 Å². The Kier molecular flexibility index (Phi) is 3.50. The average molecular weight is 265 g/mol. The van der Waals surface area contributed by atoms with Crippen molar-refractivity contribution in [3.05, 3.63) is 40.2 Å². The summed E-state index contributed by atoms with van der Waals surface area (Å²) in [6.07, 6.45) is 1.15. The molecule has 1 heterocycles. The molecular formula is C13H12FNO4. The summed E-state index contributed by atoms with van der Waals surface area (Å²) in [6, 6.07) is 4.73. The van der Waals surface area contributed by atoms with E-state index in [1.54, 1.807) is 12.1 Å². The number of aryl methyl sites for hydroxylation is 1. The normalized spacial score (nSPS) is 10.6. The molecule has 0 aliphatic carbocycles. The molecule has 19 heavy (non-hydrogen) atoms. The summed E-state index contributed by atoms with van der Waals surface area (Å²) >= 11 is 0. The van der Waals surface area contributed by atoms with Crippen LogP contribution in [0.5, 0.6) is 5.75 Å². The molecule has 100 valence electrons. The Balaban J connectivity index is 2.92. The van der Waals surface area contributed by atoms with E-state index >= 15 is 0 Å². The second-order valence-electron chi connectivity index (χ2n) is 3.92. The van der Waals surface area contributed by atoms with Crippen LogP contribution in [0.1, 0.15) is 10.4 Å². The van der Waals surface area contributed by atoms with Crippen molar-refractivity contribution in [1.29, 1.82) is 0 Å². The number of hydrogen-bond acceptors (Lipinski definition) is 3. The summed E-state index contributed by atoms with van der Waals surface area (Å²) in [5.41, 5.74) is -0.580. The molecule has 1 aromatic heterocycles. The molecule has 0 atom stereocenters. The van der Waals surface area contributed by atoms with Gasteiger partial charge in [-0.1, -0.05) is 6.07 Å². The van der Waals surface area contributed by atoms with Crippen LogP contribution in [0.2, 0.25) is 0 Å². The number of carbonyl (C=O) groups is 1. The maximum atomic E-state index is 12.6. The van der Waals surface area contributed by atoms with E-state index in [1.165, 1.54) is 17.7 Å². The molecule has 0 unspecified atom stereocenters. The van der Waals surface area contributed by atoms with Crippen LogP contribution in [-0.2, 0) is 6.54 Å². The van der Waals surface area contributed by atoms with Gasteiger partial charge in [-0.15, -0.1) is 0 Å². The molecule has 0 saturated heterocycles. The molecule has 1 N–H and O–H groups in total. The third-order valence-corrected chi connectivity index (χ3v) is 2.84. The molecule has 0 radical (unpaired) electrons. The number of alkyl halides is 1. The summed E-state index contributed by atoms with van der Waals surface area (Å²) in [7, 11) is 1.43. The highest BCUT2D eigenvalue weighted by Gasteiger charge is 2.16. The monoisotopic (exact) mass is 265 g/mol. The van der Waals surface area contributed by atoms with Crippen LogP contribution >= 0.6 is 0 Å². The lowest BCUT2D eigenvalue weighted by molar-refractivity contribution is 0.0694. The minimum absolute atomic E-state index is 0.0442. The van der Waals surface area contributed by atoms with Crippen molar-refractivity contribution in [3.8, 4) is 5.75 Å². The van der Waals surface area contributed by atoms with Gasteiger partial charge in [0.2, 0.25) is 5.43 Å². The predicted molar refractivity (Wildman–Crippen MR) is 67.7 cm³/mol. The molecular weight excluding hydrogens is 253 g/mol.